The zero-order valence-corrected chi connectivity index (χ0v) is 10.2. The van der Waals surface area contributed by atoms with E-state index in [1.165, 1.54) is 25.5 Å². The van der Waals surface area contributed by atoms with Crippen molar-refractivity contribution in [2.45, 2.75) is 58.0 Å². The second-order valence-corrected chi connectivity index (χ2v) is 6.37. The van der Waals surface area contributed by atoms with E-state index >= 15 is 0 Å². The van der Waals surface area contributed by atoms with Gasteiger partial charge >= 0.3 is 10.0 Å². The molecule has 1 fully saturated rings. The van der Waals surface area contributed by atoms with Gasteiger partial charge in [-0.05, 0) is 26.7 Å². The maximum absolute atomic E-state index is 11.6. The monoisotopic (exact) mass is 219 g/mol. The largest absolute Gasteiger partial charge is 0.339 e. The molecule has 0 N–H and O–H groups in total. The second-order valence-electron chi connectivity index (χ2n) is 4.48. The van der Waals surface area contributed by atoms with Gasteiger partial charge in [-0.1, -0.05) is 10.7 Å². The summed E-state index contributed by atoms with van der Waals surface area (Å²) in [6, 6.07) is 0.340. The maximum atomic E-state index is 11.6. The molecule has 0 bridgehead atoms. The van der Waals surface area contributed by atoms with Crippen LogP contribution in [0.4, 0.5) is 0 Å². The summed E-state index contributed by atoms with van der Waals surface area (Å²) >= 11 is 0. The second kappa shape index (κ2) is 4.62. The van der Waals surface area contributed by atoms with Crippen LogP contribution in [0.25, 0.3) is 0 Å². The average molecular weight is 219 g/mol. The van der Waals surface area contributed by atoms with Crippen LogP contribution in [0.3, 0.4) is 0 Å². The van der Waals surface area contributed by atoms with E-state index in [1.807, 2.05) is 13.8 Å². The molecule has 0 aromatic heterocycles. The molecule has 14 heavy (non-hydrogen) atoms. The van der Waals surface area contributed by atoms with E-state index in [-0.39, 0.29) is 12.1 Å². The average Bonchev–Trinajstić information content (AvgIpc) is 2.02. The highest BCUT2D eigenvalue weighted by Crippen LogP contribution is 2.23. The van der Waals surface area contributed by atoms with Gasteiger partial charge < -0.3 is 0 Å². The number of hydrogen-bond donors (Lipinski definition) is 0. The Bertz CT molecular complexity index is 266. The molecule has 0 aromatic carbocycles. The molecule has 4 heteroatoms. The minimum absolute atomic E-state index is 0.0908. The first-order valence-corrected chi connectivity index (χ1v) is 7.26. The maximum Gasteiger partial charge on any atom is 0.339 e. The fraction of sp³-hybridized carbons (Fsp3) is 1.00. The molecule has 1 aliphatic rings. The molecule has 0 heterocycles. The molecule has 1 radical (unpaired) electrons. The number of sulfonamides is 1. The van der Waals surface area contributed by atoms with Gasteiger partial charge in [0.2, 0.25) is 0 Å². The van der Waals surface area contributed by atoms with Crippen LogP contribution in [0.5, 0.6) is 0 Å². The highest BCUT2D eigenvalue weighted by atomic mass is 32.2. The van der Waals surface area contributed by atoms with Crippen LogP contribution in [0.2, 0.25) is 0 Å². The molecule has 1 aliphatic carbocycles. The van der Waals surface area contributed by atoms with Gasteiger partial charge in [-0.25, -0.2) is 0 Å². The highest BCUT2D eigenvalue weighted by Gasteiger charge is 2.39. The van der Waals surface area contributed by atoms with E-state index < -0.39 is 10.0 Å². The minimum atomic E-state index is -3.03. The van der Waals surface area contributed by atoms with E-state index in [2.05, 4.69) is 0 Å². The standard InChI is InChI=1S/C10H21NO2S/c1-9(2)11(14(3,12)13)10-7-5-4-6-8-10/h9-10H,4-8H2,1-3H3/q+1. The van der Waals surface area contributed by atoms with Crippen molar-refractivity contribution in [2.75, 3.05) is 6.26 Å². The lowest BCUT2D eigenvalue weighted by atomic mass is 9.95. The Labute approximate surface area is 87.5 Å². The van der Waals surface area contributed by atoms with Crippen LogP contribution in [0.15, 0.2) is 0 Å². The van der Waals surface area contributed by atoms with Crippen molar-refractivity contribution in [3.63, 3.8) is 0 Å². The molecule has 0 saturated heterocycles. The Kier molecular flexibility index (Phi) is 3.95. The summed E-state index contributed by atoms with van der Waals surface area (Å²) < 4.78 is 24.9. The molecule has 1 rings (SSSR count). The third-order valence-corrected chi connectivity index (χ3v) is 4.31. The normalized spacial score (nSPS) is 20.6. The molecule has 83 valence electrons. The Morgan fingerprint density at radius 2 is 1.64 bits per heavy atom. The van der Waals surface area contributed by atoms with Crippen molar-refractivity contribution in [3.8, 4) is 0 Å². The van der Waals surface area contributed by atoms with Gasteiger partial charge in [-0.15, -0.1) is 0 Å². The first-order chi connectivity index (χ1) is 6.43. The summed E-state index contributed by atoms with van der Waals surface area (Å²) in [7, 11) is -3.03. The highest BCUT2D eigenvalue weighted by molar-refractivity contribution is 7.89. The van der Waals surface area contributed by atoms with Gasteiger partial charge in [0.15, 0.2) is 6.04 Å². The zero-order valence-electron chi connectivity index (χ0n) is 9.36. The molecule has 0 atom stereocenters. The molecule has 0 aliphatic heterocycles. The van der Waals surface area contributed by atoms with Gasteiger partial charge in [0, 0.05) is 12.8 Å². The van der Waals surface area contributed by atoms with E-state index in [0.29, 0.717) is 0 Å². The number of nitrogens with zero attached hydrogens (tertiary/aromatic N) is 1. The Morgan fingerprint density at radius 1 is 1.14 bits per heavy atom. The van der Waals surface area contributed by atoms with Crippen molar-refractivity contribution >= 4 is 10.0 Å². The molecule has 0 spiro atoms. The third-order valence-electron chi connectivity index (χ3n) is 2.83. The lowest BCUT2D eigenvalue weighted by Gasteiger charge is -2.25. The topological polar surface area (TPSA) is 40.0 Å². The van der Waals surface area contributed by atoms with Crippen LogP contribution in [0, 0.1) is 0 Å². The molecular formula is C10H21NO2S+. The van der Waals surface area contributed by atoms with E-state index in [1.54, 1.807) is 4.31 Å². The molecule has 0 amide bonds. The SMILES string of the molecule is CC(C)[N+](C1CCCCC1)S(C)(=O)=O. The van der Waals surface area contributed by atoms with Gasteiger partial charge in [0.05, 0.1) is 6.26 Å². The van der Waals surface area contributed by atoms with Gasteiger partial charge in [0.1, 0.15) is 6.04 Å². The summed E-state index contributed by atoms with van der Waals surface area (Å²) in [4.78, 5) is 0. The summed E-state index contributed by atoms with van der Waals surface area (Å²) in [6.07, 6.45) is 6.98. The molecular weight excluding hydrogens is 198 g/mol. The summed E-state index contributed by atoms with van der Waals surface area (Å²) in [5, 5.41) is 0. The summed E-state index contributed by atoms with van der Waals surface area (Å²) in [5.41, 5.74) is 0. The molecule has 1 saturated carbocycles. The van der Waals surface area contributed by atoms with Crippen LogP contribution in [-0.2, 0) is 10.0 Å². The first-order valence-electron chi connectivity index (χ1n) is 5.41. The van der Waals surface area contributed by atoms with Crippen molar-refractivity contribution in [2.24, 2.45) is 0 Å². The van der Waals surface area contributed by atoms with Crippen LogP contribution < -0.4 is 4.31 Å². The van der Waals surface area contributed by atoms with E-state index in [4.69, 9.17) is 0 Å². The van der Waals surface area contributed by atoms with E-state index in [0.717, 1.165) is 12.8 Å². The van der Waals surface area contributed by atoms with Crippen LogP contribution in [0.1, 0.15) is 46.0 Å². The number of rotatable bonds is 3. The first kappa shape index (κ1) is 12.0. The Morgan fingerprint density at radius 3 is 2.00 bits per heavy atom. The smallest absolute Gasteiger partial charge is 0.169 e. The van der Waals surface area contributed by atoms with Crippen LogP contribution in [-0.4, -0.2) is 26.8 Å². The number of hydrogen-bond acceptors (Lipinski definition) is 2. The zero-order chi connectivity index (χ0) is 10.8. The Balaban J connectivity index is 2.76. The van der Waals surface area contributed by atoms with E-state index in [9.17, 15) is 8.42 Å². The van der Waals surface area contributed by atoms with Crippen molar-refractivity contribution < 1.29 is 8.42 Å². The fourth-order valence-electron chi connectivity index (χ4n) is 2.41. The van der Waals surface area contributed by atoms with Crippen molar-refractivity contribution in [1.29, 1.82) is 0 Å². The summed E-state index contributed by atoms with van der Waals surface area (Å²) in [6.45, 7) is 3.91. The Hall–Kier alpha value is -0.0900. The third kappa shape index (κ3) is 2.95. The fourth-order valence-corrected chi connectivity index (χ4v) is 3.93. The van der Waals surface area contributed by atoms with Gasteiger partial charge in [-0.2, -0.15) is 8.42 Å². The van der Waals surface area contributed by atoms with Crippen molar-refractivity contribution in [1.82, 2.24) is 4.31 Å². The molecule has 0 unspecified atom stereocenters. The molecule has 3 nitrogen and oxygen atoms in total. The predicted octanol–water partition coefficient (Wildman–Crippen LogP) is 1.83. The quantitative estimate of drug-likeness (QED) is 0.679. The summed E-state index contributed by atoms with van der Waals surface area (Å²) in [5.74, 6) is 0. The molecule has 0 aromatic rings. The minimum Gasteiger partial charge on any atom is -0.169 e. The lowest BCUT2D eigenvalue weighted by molar-refractivity contribution is 0.299. The lowest BCUT2D eigenvalue weighted by Crippen LogP contribution is -2.50. The van der Waals surface area contributed by atoms with Gasteiger partial charge in [0.25, 0.3) is 0 Å². The van der Waals surface area contributed by atoms with Gasteiger partial charge in [-0.3, -0.25) is 0 Å². The predicted molar refractivity (Wildman–Crippen MR) is 59.0 cm³/mol. The van der Waals surface area contributed by atoms with Crippen LogP contribution >= 0.6 is 0 Å². The van der Waals surface area contributed by atoms with Crippen molar-refractivity contribution in [3.05, 3.63) is 0 Å².